The summed E-state index contributed by atoms with van der Waals surface area (Å²) in [5.41, 5.74) is -0.923. The normalized spacial score (nSPS) is 54.3. The molecule has 4 aliphatic carbocycles. The zero-order valence-electron chi connectivity index (χ0n) is 18.3. The number of rotatable bonds is 1. The summed E-state index contributed by atoms with van der Waals surface area (Å²) in [6, 6.07) is 0. The number of ketones is 1. The molecule has 1 N–H and O–H groups in total. The first-order chi connectivity index (χ1) is 14.6. The molecule has 7 heteroatoms. The third-order valence-corrected chi connectivity index (χ3v) is 10.3. The van der Waals surface area contributed by atoms with Crippen molar-refractivity contribution in [1.29, 1.82) is 0 Å². The molecule has 4 unspecified atom stereocenters. The number of ether oxygens (including phenoxy) is 3. The predicted molar refractivity (Wildman–Crippen MR) is 107 cm³/mol. The van der Waals surface area contributed by atoms with Gasteiger partial charge in [0.25, 0.3) is 0 Å². The maximum atomic E-state index is 13.0. The van der Waals surface area contributed by atoms with Crippen molar-refractivity contribution in [1.82, 2.24) is 0 Å². The van der Waals surface area contributed by atoms with E-state index in [1.807, 2.05) is 0 Å². The van der Waals surface area contributed by atoms with Crippen LogP contribution in [0.1, 0.15) is 58.8 Å². The Morgan fingerprint density at radius 3 is 2.68 bits per heavy atom. The van der Waals surface area contributed by atoms with Gasteiger partial charge in [0.2, 0.25) is 0 Å². The number of aliphatic hydroxyl groups is 1. The van der Waals surface area contributed by atoms with Gasteiger partial charge in [-0.2, -0.15) is 0 Å². The molecule has 2 saturated heterocycles. The average Bonchev–Trinajstić information content (AvgIpc) is 3.21. The zero-order valence-corrected chi connectivity index (χ0v) is 18.3. The van der Waals surface area contributed by atoms with Crippen LogP contribution in [0.25, 0.3) is 0 Å². The van der Waals surface area contributed by atoms with Crippen LogP contribution in [-0.2, 0) is 28.6 Å². The Labute approximate surface area is 181 Å². The molecule has 0 bridgehead atoms. The summed E-state index contributed by atoms with van der Waals surface area (Å²) in [6.07, 6.45) is 4.82. The van der Waals surface area contributed by atoms with Crippen molar-refractivity contribution in [2.75, 3.05) is 7.11 Å². The van der Waals surface area contributed by atoms with E-state index in [4.69, 9.17) is 14.2 Å². The number of hydrogen-bond acceptors (Lipinski definition) is 7. The van der Waals surface area contributed by atoms with Crippen LogP contribution in [0.4, 0.5) is 0 Å². The Morgan fingerprint density at radius 2 is 2.00 bits per heavy atom. The highest BCUT2D eigenvalue weighted by Gasteiger charge is 2.83. The summed E-state index contributed by atoms with van der Waals surface area (Å²) < 4.78 is 17.8. The van der Waals surface area contributed by atoms with Crippen LogP contribution in [0.3, 0.4) is 0 Å². The number of aliphatic hydroxyl groups excluding tert-OH is 1. The number of esters is 2. The van der Waals surface area contributed by atoms with Crippen molar-refractivity contribution in [3.63, 3.8) is 0 Å². The molecule has 0 radical (unpaired) electrons. The molecule has 0 aromatic heterocycles. The predicted octanol–water partition coefficient (Wildman–Crippen LogP) is 2.10. The standard InChI is InChI=1S/C24H30O7/c1-21-10-16(26)15(25)9-12(21)8-13(20(28)29-3)19-14-4-6-23(7-5-18(27)31-23)22(14,2)11-17-24(19,21)30-17/h9,13-14,16-17,19,26H,4-8,10-11H2,1-3H3/t13?,14?,16?,17-,19?,21+,22+,23-,24-/m1/s1. The Balaban J connectivity index is 1.49. The van der Waals surface area contributed by atoms with E-state index in [9.17, 15) is 19.5 Å². The van der Waals surface area contributed by atoms with Gasteiger partial charge in [-0.15, -0.1) is 0 Å². The lowest BCUT2D eigenvalue weighted by Crippen LogP contribution is -2.64. The highest BCUT2D eigenvalue weighted by Crippen LogP contribution is 2.78. The average molecular weight is 430 g/mol. The Morgan fingerprint density at radius 1 is 1.23 bits per heavy atom. The molecule has 5 fully saturated rings. The first kappa shape index (κ1) is 19.9. The summed E-state index contributed by atoms with van der Waals surface area (Å²) in [5, 5.41) is 10.5. The smallest absolute Gasteiger partial charge is 0.309 e. The molecule has 2 aliphatic heterocycles. The molecule has 2 spiro atoms. The highest BCUT2D eigenvalue weighted by molar-refractivity contribution is 5.95. The van der Waals surface area contributed by atoms with E-state index in [2.05, 4.69) is 13.8 Å². The second kappa shape index (κ2) is 5.79. The van der Waals surface area contributed by atoms with E-state index in [-0.39, 0.29) is 41.1 Å². The molecular formula is C24H30O7. The van der Waals surface area contributed by atoms with Gasteiger partial charge in [0, 0.05) is 23.2 Å². The maximum Gasteiger partial charge on any atom is 0.309 e. The number of fused-ring (bicyclic) bond motifs is 4. The van der Waals surface area contributed by atoms with Crippen LogP contribution in [0, 0.1) is 28.6 Å². The third-order valence-electron chi connectivity index (χ3n) is 10.3. The molecule has 6 rings (SSSR count). The van der Waals surface area contributed by atoms with Crippen LogP contribution < -0.4 is 0 Å². The minimum atomic E-state index is -1.04. The molecule has 168 valence electrons. The topological polar surface area (TPSA) is 102 Å². The van der Waals surface area contributed by atoms with E-state index in [1.54, 1.807) is 6.08 Å². The first-order valence-corrected chi connectivity index (χ1v) is 11.5. The highest BCUT2D eigenvalue weighted by atomic mass is 16.6. The summed E-state index contributed by atoms with van der Waals surface area (Å²) >= 11 is 0. The molecule has 31 heavy (non-hydrogen) atoms. The van der Waals surface area contributed by atoms with Crippen LogP contribution >= 0.6 is 0 Å². The summed E-state index contributed by atoms with van der Waals surface area (Å²) in [5.74, 6) is -1.04. The van der Waals surface area contributed by atoms with E-state index >= 15 is 0 Å². The minimum Gasteiger partial charge on any atom is -0.469 e. The molecule has 2 heterocycles. The van der Waals surface area contributed by atoms with Crippen molar-refractivity contribution < 1.29 is 33.7 Å². The van der Waals surface area contributed by atoms with Gasteiger partial charge in [-0.1, -0.05) is 19.4 Å². The minimum absolute atomic E-state index is 0.0886. The zero-order chi connectivity index (χ0) is 22.0. The van der Waals surface area contributed by atoms with Gasteiger partial charge in [0.15, 0.2) is 5.78 Å². The largest absolute Gasteiger partial charge is 0.469 e. The van der Waals surface area contributed by atoms with Crippen molar-refractivity contribution in [3.05, 3.63) is 11.6 Å². The lowest BCUT2D eigenvalue weighted by Gasteiger charge is -2.58. The number of epoxide rings is 1. The molecule has 0 aromatic rings. The van der Waals surface area contributed by atoms with Gasteiger partial charge in [-0.05, 0) is 50.5 Å². The van der Waals surface area contributed by atoms with E-state index < -0.39 is 28.6 Å². The fourth-order valence-corrected chi connectivity index (χ4v) is 8.74. The van der Waals surface area contributed by atoms with Crippen molar-refractivity contribution in [2.45, 2.75) is 82.2 Å². The molecule has 0 amide bonds. The maximum absolute atomic E-state index is 13.0. The van der Waals surface area contributed by atoms with Crippen molar-refractivity contribution in [2.24, 2.45) is 28.6 Å². The molecule has 3 saturated carbocycles. The number of carbonyl (C=O) groups excluding carboxylic acids is 3. The summed E-state index contributed by atoms with van der Waals surface area (Å²) in [7, 11) is 1.41. The van der Waals surface area contributed by atoms with Crippen LogP contribution in [0.5, 0.6) is 0 Å². The van der Waals surface area contributed by atoms with Gasteiger partial charge in [-0.3, -0.25) is 14.4 Å². The van der Waals surface area contributed by atoms with Crippen molar-refractivity contribution >= 4 is 17.7 Å². The van der Waals surface area contributed by atoms with E-state index in [0.717, 1.165) is 31.3 Å². The quantitative estimate of drug-likeness (QED) is 0.502. The van der Waals surface area contributed by atoms with E-state index in [1.165, 1.54) is 7.11 Å². The van der Waals surface area contributed by atoms with Gasteiger partial charge >= 0.3 is 11.9 Å². The Bertz CT molecular complexity index is 940. The fourth-order valence-electron chi connectivity index (χ4n) is 8.74. The van der Waals surface area contributed by atoms with Crippen LogP contribution in [-0.4, -0.2) is 53.3 Å². The van der Waals surface area contributed by atoms with Crippen LogP contribution in [0.15, 0.2) is 11.6 Å². The number of carbonyl (C=O) groups is 3. The van der Waals surface area contributed by atoms with Gasteiger partial charge in [-0.25, -0.2) is 0 Å². The summed E-state index contributed by atoms with van der Waals surface area (Å²) in [4.78, 5) is 37.5. The first-order valence-electron chi connectivity index (χ1n) is 11.5. The van der Waals surface area contributed by atoms with Gasteiger partial charge in [0.05, 0.1) is 19.1 Å². The van der Waals surface area contributed by atoms with Crippen LogP contribution in [0.2, 0.25) is 0 Å². The Hall–Kier alpha value is -1.73. The lowest BCUT2D eigenvalue weighted by molar-refractivity contribution is -0.173. The molecular weight excluding hydrogens is 400 g/mol. The molecule has 9 atom stereocenters. The second-order valence-corrected chi connectivity index (χ2v) is 11.1. The second-order valence-electron chi connectivity index (χ2n) is 11.1. The number of hydrogen-bond donors (Lipinski definition) is 1. The fraction of sp³-hybridized carbons (Fsp3) is 0.792. The monoisotopic (exact) mass is 430 g/mol. The van der Waals surface area contributed by atoms with Gasteiger partial charge < -0.3 is 19.3 Å². The SMILES string of the molecule is COC(=O)C1CC2=CC(=O)C(O)C[C@]2(C)[C@@]23O[C@@H]2C[C@@]2(C)C(CC[C@@]24CCC(=O)O4)C13. The summed E-state index contributed by atoms with van der Waals surface area (Å²) in [6.45, 7) is 4.31. The molecule has 0 aromatic carbocycles. The van der Waals surface area contributed by atoms with Crippen molar-refractivity contribution in [3.8, 4) is 0 Å². The third kappa shape index (κ3) is 2.11. The molecule has 6 aliphatic rings. The molecule has 7 nitrogen and oxygen atoms in total. The van der Waals surface area contributed by atoms with Gasteiger partial charge in [0.1, 0.15) is 17.3 Å². The number of methoxy groups -OCH3 is 1. The Kier molecular flexibility index (Phi) is 3.72. The van der Waals surface area contributed by atoms with E-state index in [0.29, 0.717) is 19.3 Å². The lowest BCUT2D eigenvalue weighted by atomic mass is 9.43.